The minimum Gasteiger partial charge on any atom is -1.00 e. The fraction of sp³-hybridized carbons (Fsp3) is 0.286. The van der Waals surface area contributed by atoms with E-state index < -0.39 is 0 Å². The second-order valence-electron chi connectivity index (χ2n) is 4.43. The maximum atomic E-state index is 6.10. The normalized spacial score (nSPS) is 13.4. The van der Waals surface area contributed by atoms with E-state index in [1.807, 2.05) is 6.92 Å². The van der Waals surface area contributed by atoms with Gasteiger partial charge >= 0.3 is 21.7 Å². The third-order valence-electron chi connectivity index (χ3n) is 3.23. The van der Waals surface area contributed by atoms with Gasteiger partial charge in [0, 0.05) is 11.4 Å². The van der Waals surface area contributed by atoms with Gasteiger partial charge in [-0.05, 0) is 44.1 Å². The van der Waals surface area contributed by atoms with Crippen LogP contribution in [0.25, 0.3) is 0 Å². The van der Waals surface area contributed by atoms with Crippen molar-refractivity contribution in [2.75, 3.05) is 0 Å². The van der Waals surface area contributed by atoms with E-state index in [2.05, 4.69) is 13.8 Å². The van der Waals surface area contributed by atoms with Crippen LogP contribution < -0.4 is 29.6 Å². The van der Waals surface area contributed by atoms with Crippen LogP contribution in [0.4, 0.5) is 0 Å². The molecule has 0 fully saturated rings. The topological polar surface area (TPSA) is 9.23 Å². The zero-order valence-corrected chi connectivity index (χ0v) is 17.0. The smallest absolute Gasteiger partial charge is 1.00 e. The predicted molar refractivity (Wildman–Crippen MR) is 77.8 cm³/mol. The summed E-state index contributed by atoms with van der Waals surface area (Å²) >= 11 is 18.1. The number of halogens is 5. The second kappa shape index (κ2) is 9.73. The molecule has 21 heavy (non-hydrogen) atoms. The summed E-state index contributed by atoms with van der Waals surface area (Å²) in [6.07, 6.45) is 0.799. The molecule has 1 aromatic rings. The van der Waals surface area contributed by atoms with Gasteiger partial charge in [-0.15, -0.1) is 0 Å². The maximum Gasteiger partial charge on any atom is 2.00 e. The standard InChI is InChI=1S/C14H13Cl3O.2ClH.Ti/c1-7-4-13(9(3)8(7)2)18-14-11(16)5-10(15)6-12(14)17;;;/h5-6H,4H2,1-3H3;2*1H;/q;;;+2/p-2. The Bertz CT molecular complexity index is 558. The second-order valence-corrected chi connectivity index (χ2v) is 5.68. The molecule has 0 spiro atoms. The molecule has 114 valence electrons. The monoisotopic (exact) mass is 420 g/mol. The van der Waals surface area contributed by atoms with Gasteiger partial charge in [0.1, 0.15) is 5.76 Å². The first-order valence-electron chi connectivity index (χ1n) is 5.59. The van der Waals surface area contributed by atoms with Gasteiger partial charge in [0.05, 0.1) is 10.0 Å². The molecule has 0 aromatic heterocycles. The van der Waals surface area contributed by atoms with Crippen molar-refractivity contribution in [3.63, 3.8) is 0 Å². The van der Waals surface area contributed by atoms with Crippen molar-refractivity contribution in [3.8, 4) is 5.75 Å². The molecular weight excluding hydrogens is 409 g/mol. The Kier molecular flexibility index (Phi) is 11.1. The summed E-state index contributed by atoms with van der Waals surface area (Å²) in [5.41, 5.74) is 3.73. The molecule has 0 heterocycles. The first-order valence-corrected chi connectivity index (χ1v) is 6.72. The first-order chi connectivity index (χ1) is 8.40. The summed E-state index contributed by atoms with van der Waals surface area (Å²) < 4.78 is 5.86. The van der Waals surface area contributed by atoms with Crippen molar-refractivity contribution < 1.29 is 51.3 Å². The molecule has 2 rings (SSSR count). The number of ether oxygens (including phenoxy) is 1. The average molecular weight is 422 g/mol. The van der Waals surface area contributed by atoms with E-state index in [1.54, 1.807) is 12.1 Å². The van der Waals surface area contributed by atoms with E-state index in [9.17, 15) is 0 Å². The molecule has 1 aromatic carbocycles. The molecule has 7 heteroatoms. The Morgan fingerprint density at radius 3 is 1.76 bits per heavy atom. The van der Waals surface area contributed by atoms with E-state index >= 15 is 0 Å². The minimum absolute atomic E-state index is 0. The molecule has 1 nitrogen and oxygen atoms in total. The molecule has 0 unspecified atom stereocenters. The maximum absolute atomic E-state index is 6.10. The number of hydrogen-bond acceptors (Lipinski definition) is 1. The zero-order valence-electron chi connectivity index (χ0n) is 11.7. The van der Waals surface area contributed by atoms with Crippen LogP contribution in [0.2, 0.25) is 15.1 Å². The van der Waals surface area contributed by atoms with Gasteiger partial charge in [-0.2, -0.15) is 0 Å². The summed E-state index contributed by atoms with van der Waals surface area (Å²) in [5.74, 6) is 1.37. The largest absolute Gasteiger partial charge is 2.00 e. The van der Waals surface area contributed by atoms with Crippen molar-refractivity contribution in [1.29, 1.82) is 0 Å². The Labute approximate surface area is 167 Å². The fourth-order valence-electron chi connectivity index (χ4n) is 1.90. The average Bonchev–Trinajstić information content (AvgIpc) is 2.51. The molecule has 1 aliphatic rings. The van der Waals surface area contributed by atoms with E-state index in [4.69, 9.17) is 39.5 Å². The first kappa shape index (κ1) is 23.9. The van der Waals surface area contributed by atoms with Crippen molar-refractivity contribution in [2.24, 2.45) is 0 Å². The van der Waals surface area contributed by atoms with Gasteiger partial charge in [0.2, 0.25) is 0 Å². The molecule has 0 aliphatic heterocycles. The zero-order chi connectivity index (χ0) is 13.4. The SMILES string of the molecule is CC1=C(C)C(C)=C(Oc2c(Cl)cc(Cl)cc2Cl)C1.[Cl-].[Cl-].[Ti+2]. The number of hydrogen-bond donors (Lipinski definition) is 0. The molecule has 0 bridgehead atoms. The molecular formula is C14H13Cl5OTi. The quantitative estimate of drug-likeness (QED) is 0.612. The summed E-state index contributed by atoms with van der Waals surface area (Å²) in [7, 11) is 0. The van der Waals surface area contributed by atoms with Crippen LogP contribution in [-0.2, 0) is 21.7 Å². The molecule has 0 N–H and O–H groups in total. The number of allylic oxidation sites excluding steroid dienone is 3. The third kappa shape index (κ3) is 5.35. The van der Waals surface area contributed by atoms with Crippen molar-refractivity contribution >= 4 is 34.8 Å². The van der Waals surface area contributed by atoms with Crippen molar-refractivity contribution in [3.05, 3.63) is 49.7 Å². The summed E-state index contributed by atoms with van der Waals surface area (Å²) in [4.78, 5) is 0. The van der Waals surface area contributed by atoms with E-state index in [0.717, 1.165) is 17.8 Å². The van der Waals surface area contributed by atoms with Crippen LogP contribution in [0.1, 0.15) is 27.2 Å². The molecule has 0 atom stereocenters. The summed E-state index contributed by atoms with van der Waals surface area (Å²) in [5, 5.41) is 1.35. The van der Waals surface area contributed by atoms with Crippen LogP contribution in [-0.4, -0.2) is 0 Å². The third-order valence-corrected chi connectivity index (χ3v) is 4.01. The Morgan fingerprint density at radius 1 is 0.905 bits per heavy atom. The molecule has 0 amide bonds. The van der Waals surface area contributed by atoms with E-state index in [1.165, 1.54) is 11.1 Å². The summed E-state index contributed by atoms with van der Waals surface area (Å²) in [6.45, 7) is 6.23. The fourth-order valence-corrected chi connectivity index (χ4v) is 2.79. The van der Waals surface area contributed by atoms with Crippen LogP contribution in [0.15, 0.2) is 34.6 Å². The van der Waals surface area contributed by atoms with Gasteiger partial charge in [0.15, 0.2) is 5.75 Å². The van der Waals surface area contributed by atoms with Gasteiger partial charge in [0.25, 0.3) is 0 Å². The number of rotatable bonds is 2. The van der Waals surface area contributed by atoms with Crippen LogP contribution in [0, 0.1) is 0 Å². The van der Waals surface area contributed by atoms with Crippen LogP contribution >= 0.6 is 34.8 Å². The molecule has 0 saturated carbocycles. The van der Waals surface area contributed by atoms with Gasteiger partial charge in [-0.25, -0.2) is 0 Å². The predicted octanol–water partition coefficient (Wildman–Crippen LogP) is 0.0452. The van der Waals surface area contributed by atoms with E-state index in [-0.39, 0.29) is 46.5 Å². The Hall–Kier alpha value is 0.664. The van der Waals surface area contributed by atoms with Gasteiger partial charge in [-0.1, -0.05) is 40.4 Å². The molecule has 1 aliphatic carbocycles. The Morgan fingerprint density at radius 2 is 1.38 bits per heavy atom. The van der Waals surface area contributed by atoms with Crippen LogP contribution in [0.3, 0.4) is 0 Å². The van der Waals surface area contributed by atoms with Crippen molar-refractivity contribution in [2.45, 2.75) is 27.2 Å². The summed E-state index contributed by atoms with van der Waals surface area (Å²) in [6, 6.07) is 3.25. The van der Waals surface area contributed by atoms with Crippen molar-refractivity contribution in [1.82, 2.24) is 0 Å². The van der Waals surface area contributed by atoms with Crippen LogP contribution in [0.5, 0.6) is 5.75 Å². The minimum atomic E-state index is 0. The molecule has 0 saturated heterocycles. The van der Waals surface area contributed by atoms with Gasteiger partial charge < -0.3 is 29.6 Å². The molecule has 0 radical (unpaired) electrons. The number of benzene rings is 1. The van der Waals surface area contributed by atoms with E-state index in [0.29, 0.717) is 20.8 Å². The van der Waals surface area contributed by atoms with Gasteiger partial charge in [-0.3, -0.25) is 0 Å². The Balaban J connectivity index is 0.